The fourth-order valence-corrected chi connectivity index (χ4v) is 6.55. The molecule has 0 aromatic rings. The van der Waals surface area contributed by atoms with Gasteiger partial charge in [-0.15, -0.1) is 0 Å². The largest absolute Gasteiger partial charge is 0.462 e. The summed E-state index contributed by atoms with van der Waals surface area (Å²) < 4.78 is 22.1. The monoisotopic (exact) mass is 807 g/mol. The molecule has 1 aliphatic rings. The molecular formula is C47H82O10. The van der Waals surface area contributed by atoms with E-state index in [1.807, 2.05) is 0 Å². The molecule has 0 radical (unpaired) electrons. The van der Waals surface area contributed by atoms with Gasteiger partial charge in [0, 0.05) is 12.8 Å². The van der Waals surface area contributed by atoms with E-state index in [0.29, 0.717) is 12.8 Å². The van der Waals surface area contributed by atoms with Crippen LogP contribution < -0.4 is 0 Å². The maximum Gasteiger partial charge on any atom is 0.306 e. The highest BCUT2D eigenvalue weighted by atomic mass is 16.7. The first-order valence-corrected chi connectivity index (χ1v) is 22.7. The van der Waals surface area contributed by atoms with Gasteiger partial charge in [-0.05, 0) is 70.6 Å². The van der Waals surface area contributed by atoms with Gasteiger partial charge in [0.25, 0.3) is 0 Å². The number of allylic oxidation sites excluding steroid dienone is 8. The third kappa shape index (κ3) is 29.5. The summed E-state index contributed by atoms with van der Waals surface area (Å²) in [6.07, 6.45) is 36.9. The molecular weight excluding hydrogens is 725 g/mol. The van der Waals surface area contributed by atoms with Crippen LogP contribution in [0.1, 0.15) is 181 Å². The molecule has 10 nitrogen and oxygen atoms in total. The van der Waals surface area contributed by atoms with Gasteiger partial charge >= 0.3 is 11.9 Å². The van der Waals surface area contributed by atoms with E-state index in [-0.39, 0.29) is 26.1 Å². The van der Waals surface area contributed by atoms with Gasteiger partial charge in [0.05, 0.1) is 13.2 Å². The first-order valence-electron chi connectivity index (χ1n) is 22.7. The van der Waals surface area contributed by atoms with Gasteiger partial charge in [-0.3, -0.25) is 9.59 Å². The van der Waals surface area contributed by atoms with Crippen LogP contribution in [-0.4, -0.2) is 89.0 Å². The molecule has 2 unspecified atom stereocenters. The molecule has 1 heterocycles. The summed E-state index contributed by atoms with van der Waals surface area (Å²) in [6, 6.07) is 0. The molecule has 0 aliphatic carbocycles. The molecule has 0 aromatic carbocycles. The van der Waals surface area contributed by atoms with Gasteiger partial charge in [-0.25, -0.2) is 0 Å². The number of ether oxygens (including phenoxy) is 4. The zero-order valence-corrected chi connectivity index (χ0v) is 35.8. The van der Waals surface area contributed by atoms with E-state index in [9.17, 15) is 30.0 Å². The van der Waals surface area contributed by atoms with E-state index in [2.05, 4.69) is 62.5 Å². The average Bonchev–Trinajstić information content (AvgIpc) is 3.21. The Morgan fingerprint density at radius 3 is 1.54 bits per heavy atom. The minimum Gasteiger partial charge on any atom is -0.462 e. The lowest BCUT2D eigenvalue weighted by molar-refractivity contribution is -0.305. The molecule has 10 heteroatoms. The minimum absolute atomic E-state index is 0.162. The number of esters is 2. The quantitative estimate of drug-likeness (QED) is 0.0271. The second-order valence-electron chi connectivity index (χ2n) is 15.5. The zero-order valence-electron chi connectivity index (χ0n) is 35.8. The average molecular weight is 807 g/mol. The van der Waals surface area contributed by atoms with E-state index in [4.69, 9.17) is 18.9 Å². The lowest BCUT2D eigenvalue weighted by Gasteiger charge is -2.39. The van der Waals surface area contributed by atoms with Crippen molar-refractivity contribution in [3.63, 3.8) is 0 Å². The second-order valence-corrected chi connectivity index (χ2v) is 15.5. The van der Waals surface area contributed by atoms with Crippen molar-refractivity contribution >= 4 is 11.9 Å². The Balaban J connectivity index is 2.37. The molecule has 0 spiro atoms. The number of hydrogen-bond acceptors (Lipinski definition) is 10. The van der Waals surface area contributed by atoms with Gasteiger partial charge in [-0.2, -0.15) is 0 Å². The molecule has 1 fully saturated rings. The summed E-state index contributed by atoms with van der Waals surface area (Å²) in [5.41, 5.74) is 0. The first kappa shape index (κ1) is 52.7. The molecule has 0 aromatic heterocycles. The smallest absolute Gasteiger partial charge is 0.306 e. The van der Waals surface area contributed by atoms with Gasteiger partial charge in [-0.1, -0.05) is 146 Å². The van der Waals surface area contributed by atoms with Gasteiger partial charge < -0.3 is 39.4 Å². The first-order chi connectivity index (χ1) is 27.8. The lowest BCUT2D eigenvalue weighted by Crippen LogP contribution is -2.59. The Labute approximate surface area is 346 Å². The van der Waals surface area contributed by atoms with Crippen LogP contribution in [0.15, 0.2) is 48.6 Å². The van der Waals surface area contributed by atoms with Crippen molar-refractivity contribution in [1.82, 2.24) is 0 Å². The predicted octanol–water partition coefficient (Wildman–Crippen LogP) is 9.67. The number of hydrogen-bond donors (Lipinski definition) is 4. The highest BCUT2D eigenvalue weighted by molar-refractivity contribution is 5.70. The van der Waals surface area contributed by atoms with Crippen LogP contribution in [0.25, 0.3) is 0 Å². The third-order valence-corrected chi connectivity index (χ3v) is 10.2. The number of rotatable bonds is 37. The molecule has 0 saturated carbocycles. The SMILES string of the molecule is CCCCC/C=C/C/C=C/CCCCCCCC(=O)OC[C@H](CO[C@@H]1O[C@H](CO)[C@H](O)C(O)C1O)OC(=O)CCC/C=C/C/C=C/CCCCCCCCCCC. The number of aliphatic hydroxyl groups is 4. The van der Waals surface area contributed by atoms with Crippen LogP contribution in [0, 0.1) is 0 Å². The Morgan fingerprint density at radius 1 is 0.544 bits per heavy atom. The fourth-order valence-electron chi connectivity index (χ4n) is 6.55. The van der Waals surface area contributed by atoms with Crippen molar-refractivity contribution in [2.24, 2.45) is 0 Å². The van der Waals surface area contributed by atoms with Crippen LogP contribution in [0.5, 0.6) is 0 Å². The predicted molar refractivity (Wildman–Crippen MR) is 229 cm³/mol. The molecule has 1 aliphatic heterocycles. The summed E-state index contributed by atoms with van der Waals surface area (Å²) in [5.74, 6) is -0.877. The highest BCUT2D eigenvalue weighted by Crippen LogP contribution is 2.22. The van der Waals surface area contributed by atoms with Crippen molar-refractivity contribution in [2.75, 3.05) is 19.8 Å². The summed E-state index contributed by atoms with van der Waals surface area (Å²) in [7, 11) is 0. The van der Waals surface area contributed by atoms with Crippen LogP contribution >= 0.6 is 0 Å². The third-order valence-electron chi connectivity index (χ3n) is 10.2. The van der Waals surface area contributed by atoms with Crippen LogP contribution in [-0.2, 0) is 28.5 Å². The Bertz CT molecular complexity index is 1070. The van der Waals surface area contributed by atoms with Crippen molar-refractivity contribution in [3.8, 4) is 0 Å². The van der Waals surface area contributed by atoms with Crippen LogP contribution in [0.4, 0.5) is 0 Å². The molecule has 330 valence electrons. The number of unbranched alkanes of at least 4 members (excludes halogenated alkanes) is 18. The number of aliphatic hydroxyl groups excluding tert-OH is 4. The van der Waals surface area contributed by atoms with Gasteiger partial charge in [0.15, 0.2) is 12.4 Å². The second kappa shape index (κ2) is 37.9. The van der Waals surface area contributed by atoms with E-state index < -0.39 is 55.4 Å². The molecule has 0 amide bonds. The van der Waals surface area contributed by atoms with E-state index >= 15 is 0 Å². The summed E-state index contributed by atoms with van der Waals surface area (Å²) in [4.78, 5) is 25.3. The standard InChI is InChI=1S/C47H82O10/c1-3-5-7-9-11-13-15-17-19-20-22-24-26-28-30-32-34-36-43(50)56-40(39-55-47-46(53)45(52)44(51)41(37-48)57-47)38-54-42(49)35-33-31-29-27-25-23-21-18-16-14-12-10-8-6-4-2/h12,14,18,21-22,24,28,30,40-41,44-48,51-53H,3-11,13,15-17,19-20,23,25-27,29,31-39H2,1-2H3/b14-12+,21-18+,24-22+,30-28+/t40-,41-,44+,45?,46?,47-/m1/s1. The van der Waals surface area contributed by atoms with E-state index in [1.165, 1.54) is 83.5 Å². The highest BCUT2D eigenvalue weighted by Gasteiger charge is 2.44. The molecule has 57 heavy (non-hydrogen) atoms. The maximum atomic E-state index is 12.7. The Morgan fingerprint density at radius 2 is 1.00 bits per heavy atom. The Kier molecular flexibility index (Phi) is 35.0. The molecule has 6 atom stereocenters. The normalized spacial score (nSPS) is 20.7. The number of carbonyl (C=O) groups is 2. The van der Waals surface area contributed by atoms with Crippen molar-refractivity contribution in [2.45, 2.75) is 218 Å². The summed E-state index contributed by atoms with van der Waals surface area (Å²) >= 11 is 0. The Hall–Kier alpha value is -2.34. The van der Waals surface area contributed by atoms with Crippen molar-refractivity contribution in [3.05, 3.63) is 48.6 Å². The van der Waals surface area contributed by atoms with E-state index in [0.717, 1.165) is 57.8 Å². The van der Waals surface area contributed by atoms with E-state index in [1.54, 1.807) is 0 Å². The zero-order chi connectivity index (χ0) is 41.6. The number of carbonyl (C=O) groups excluding carboxylic acids is 2. The lowest BCUT2D eigenvalue weighted by atomic mass is 9.99. The summed E-state index contributed by atoms with van der Waals surface area (Å²) in [5, 5.41) is 40.1. The van der Waals surface area contributed by atoms with Crippen LogP contribution in [0.3, 0.4) is 0 Å². The van der Waals surface area contributed by atoms with Gasteiger partial charge in [0.2, 0.25) is 0 Å². The molecule has 1 rings (SSSR count). The molecule has 4 N–H and O–H groups in total. The fraction of sp³-hybridized carbons (Fsp3) is 0.787. The van der Waals surface area contributed by atoms with Gasteiger partial charge in [0.1, 0.15) is 31.0 Å². The molecule has 1 saturated heterocycles. The summed E-state index contributed by atoms with van der Waals surface area (Å²) in [6.45, 7) is 3.34. The van der Waals surface area contributed by atoms with Crippen molar-refractivity contribution in [1.29, 1.82) is 0 Å². The minimum atomic E-state index is -1.60. The van der Waals surface area contributed by atoms with Crippen molar-refractivity contribution < 1.29 is 49.0 Å². The molecule has 0 bridgehead atoms. The van der Waals surface area contributed by atoms with Crippen LogP contribution in [0.2, 0.25) is 0 Å². The topological polar surface area (TPSA) is 152 Å². The maximum absolute atomic E-state index is 12.7.